The maximum atomic E-state index is 5.28. The van der Waals surface area contributed by atoms with Gasteiger partial charge in [0.15, 0.2) is 5.11 Å². The summed E-state index contributed by atoms with van der Waals surface area (Å²) < 4.78 is 6.28. The van der Waals surface area contributed by atoms with E-state index in [0.717, 1.165) is 20.6 Å². The van der Waals surface area contributed by atoms with E-state index in [0.29, 0.717) is 23.4 Å². The molecule has 0 aliphatic rings. The number of aryl methyl sites for hydroxylation is 1. The van der Waals surface area contributed by atoms with Crippen LogP contribution in [0.3, 0.4) is 0 Å². The van der Waals surface area contributed by atoms with Crippen molar-refractivity contribution in [3.63, 3.8) is 0 Å². The molecule has 0 bridgehead atoms. The van der Waals surface area contributed by atoms with Crippen LogP contribution < -0.4 is 10.6 Å². The largest absolute Gasteiger partial charge is 0.353 e. The molecule has 0 amide bonds. The number of benzene rings is 1. The molecule has 2 N–H and O–H groups in total. The Labute approximate surface area is 151 Å². The molecule has 23 heavy (non-hydrogen) atoms. The summed E-state index contributed by atoms with van der Waals surface area (Å²) in [5, 5.41) is 12.6. The number of anilines is 1. The van der Waals surface area contributed by atoms with Gasteiger partial charge in [-0.1, -0.05) is 27.2 Å². The molecule has 1 aromatic carbocycles. The van der Waals surface area contributed by atoms with E-state index in [-0.39, 0.29) is 0 Å². The minimum Gasteiger partial charge on any atom is -0.353 e. The second-order valence-electron chi connectivity index (χ2n) is 4.76. The first-order chi connectivity index (χ1) is 11.1. The number of rotatable bonds is 4. The molecule has 3 rings (SSSR count). The van der Waals surface area contributed by atoms with E-state index in [1.807, 2.05) is 42.6 Å². The Morgan fingerprint density at radius 1 is 1.39 bits per heavy atom. The van der Waals surface area contributed by atoms with Gasteiger partial charge in [0.1, 0.15) is 0 Å². The van der Waals surface area contributed by atoms with Crippen LogP contribution in [0.4, 0.5) is 5.69 Å². The molecular weight excluding hydrogens is 396 g/mol. The Bertz CT molecular complexity index is 817. The van der Waals surface area contributed by atoms with Crippen molar-refractivity contribution >= 4 is 50.3 Å². The fourth-order valence-corrected chi connectivity index (χ4v) is 2.97. The van der Waals surface area contributed by atoms with Crippen molar-refractivity contribution in [3.05, 3.63) is 51.6 Å². The zero-order chi connectivity index (χ0) is 16.2. The van der Waals surface area contributed by atoms with Gasteiger partial charge < -0.3 is 15.2 Å². The molecule has 0 radical (unpaired) electrons. The number of nitrogens with one attached hydrogen (secondary N) is 2. The zero-order valence-electron chi connectivity index (χ0n) is 12.2. The van der Waals surface area contributed by atoms with Crippen LogP contribution in [0.25, 0.3) is 10.7 Å². The van der Waals surface area contributed by atoms with Gasteiger partial charge >= 0.3 is 0 Å². The summed E-state index contributed by atoms with van der Waals surface area (Å²) in [6.07, 6.45) is 0. The molecule has 0 atom stereocenters. The molecule has 0 saturated carbocycles. The molecule has 2 aromatic heterocycles. The summed E-state index contributed by atoms with van der Waals surface area (Å²) in [4.78, 5) is 5.31. The molecule has 0 aliphatic carbocycles. The van der Waals surface area contributed by atoms with Crippen molar-refractivity contribution in [2.75, 3.05) is 5.32 Å². The second kappa shape index (κ2) is 7.20. The monoisotopic (exact) mass is 408 g/mol. The summed E-state index contributed by atoms with van der Waals surface area (Å²) in [7, 11) is 0. The molecule has 8 heteroatoms. The zero-order valence-corrected chi connectivity index (χ0v) is 15.4. The van der Waals surface area contributed by atoms with Crippen molar-refractivity contribution < 1.29 is 4.52 Å². The summed E-state index contributed by atoms with van der Waals surface area (Å²) in [6.45, 7) is 2.40. The average molecular weight is 409 g/mol. The maximum Gasteiger partial charge on any atom is 0.246 e. The third kappa shape index (κ3) is 4.15. The Morgan fingerprint density at radius 3 is 3.00 bits per heavy atom. The van der Waals surface area contributed by atoms with Crippen LogP contribution in [0.1, 0.15) is 11.5 Å². The van der Waals surface area contributed by atoms with Crippen LogP contribution in [0.2, 0.25) is 0 Å². The molecule has 0 saturated heterocycles. The normalized spacial score (nSPS) is 10.5. The molecule has 0 unspecified atom stereocenters. The number of aromatic nitrogens is 2. The number of hydrogen-bond donors (Lipinski definition) is 2. The van der Waals surface area contributed by atoms with Crippen LogP contribution >= 0.6 is 39.5 Å². The van der Waals surface area contributed by atoms with Gasteiger partial charge in [-0.2, -0.15) is 4.98 Å². The van der Waals surface area contributed by atoms with Crippen molar-refractivity contribution in [3.8, 4) is 10.7 Å². The van der Waals surface area contributed by atoms with Gasteiger partial charge in [-0.3, -0.25) is 0 Å². The maximum absolute atomic E-state index is 5.28. The lowest BCUT2D eigenvalue weighted by molar-refractivity contribution is 0.376. The van der Waals surface area contributed by atoms with Crippen molar-refractivity contribution in [2.45, 2.75) is 13.5 Å². The smallest absolute Gasteiger partial charge is 0.246 e. The molecule has 2 heterocycles. The standard InChI is InChI=1S/C15H13BrN4OS2/c1-9-7-10(4-5-11(9)16)18-15(22)17-8-13-19-14(20-21-13)12-3-2-6-23-12/h2-7H,8H2,1H3,(H2,17,18,22). The predicted molar refractivity (Wildman–Crippen MR) is 99.6 cm³/mol. The van der Waals surface area contributed by atoms with Crippen LogP contribution in [-0.2, 0) is 6.54 Å². The average Bonchev–Trinajstić information content (AvgIpc) is 3.19. The summed E-state index contributed by atoms with van der Waals surface area (Å²) in [5.41, 5.74) is 2.06. The third-order valence-corrected chi connectivity index (χ3v) is 5.03. The summed E-state index contributed by atoms with van der Waals surface area (Å²) in [6, 6.07) is 9.85. The lowest BCUT2D eigenvalue weighted by Gasteiger charge is -2.10. The molecule has 3 aromatic rings. The van der Waals surface area contributed by atoms with Crippen LogP contribution in [0.15, 0.2) is 44.7 Å². The minimum absolute atomic E-state index is 0.375. The topological polar surface area (TPSA) is 63.0 Å². The van der Waals surface area contributed by atoms with E-state index < -0.39 is 0 Å². The van der Waals surface area contributed by atoms with Gasteiger partial charge in [0.05, 0.1) is 11.4 Å². The van der Waals surface area contributed by atoms with Crippen LogP contribution in [0.5, 0.6) is 0 Å². The van der Waals surface area contributed by atoms with E-state index >= 15 is 0 Å². The van der Waals surface area contributed by atoms with Gasteiger partial charge in [0.25, 0.3) is 0 Å². The fraction of sp³-hybridized carbons (Fsp3) is 0.133. The number of thiocarbonyl (C=S) groups is 1. The van der Waals surface area contributed by atoms with Gasteiger partial charge in [0, 0.05) is 10.2 Å². The Morgan fingerprint density at radius 2 is 2.26 bits per heavy atom. The molecular formula is C15H13BrN4OS2. The lowest BCUT2D eigenvalue weighted by atomic mass is 10.2. The second-order valence-corrected chi connectivity index (χ2v) is 6.97. The Hall–Kier alpha value is -1.77. The summed E-state index contributed by atoms with van der Waals surface area (Å²) in [5.74, 6) is 1.09. The van der Waals surface area contributed by atoms with E-state index in [4.69, 9.17) is 16.7 Å². The van der Waals surface area contributed by atoms with Crippen molar-refractivity contribution in [2.24, 2.45) is 0 Å². The Kier molecular flexibility index (Phi) is 5.04. The quantitative estimate of drug-likeness (QED) is 0.625. The molecule has 0 spiro atoms. The fourth-order valence-electron chi connectivity index (χ4n) is 1.89. The number of nitrogens with zero attached hydrogens (tertiary/aromatic N) is 2. The first-order valence-corrected chi connectivity index (χ1v) is 8.87. The van der Waals surface area contributed by atoms with E-state index in [2.05, 4.69) is 36.7 Å². The van der Waals surface area contributed by atoms with Gasteiger partial charge in [0.2, 0.25) is 11.7 Å². The SMILES string of the molecule is Cc1cc(NC(=S)NCc2nc(-c3cccs3)no2)ccc1Br. The van der Waals surface area contributed by atoms with Crippen LogP contribution in [-0.4, -0.2) is 15.3 Å². The highest BCUT2D eigenvalue weighted by molar-refractivity contribution is 9.10. The molecule has 5 nitrogen and oxygen atoms in total. The van der Waals surface area contributed by atoms with E-state index in [1.165, 1.54) is 0 Å². The summed E-state index contributed by atoms with van der Waals surface area (Å²) >= 11 is 10.3. The highest BCUT2D eigenvalue weighted by Gasteiger charge is 2.09. The van der Waals surface area contributed by atoms with Crippen LogP contribution in [0, 0.1) is 6.92 Å². The highest BCUT2D eigenvalue weighted by atomic mass is 79.9. The number of halogens is 1. The lowest BCUT2D eigenvalue weighted by Crippen LogP contribution is -2.28. The molecule has 118 valence electrons. The van der Waals surface area contributed by atoms with Gasteiger partial charge in [-0.05, 0) is 54.4 Å². The molecule has 0 fully saturated rings. The number of hydrogen-bond acceptors (Lipinski definition) is 5. The first kappa shape index (κ1) is 16.1. The van der Waals surface area contributed by atoms with Crippen molar-refractivity contribution in [1.82, 2.24) is 15.5 Å². The molecule has 0 aliphatic heterocycles. The van der Waals surface area contributed by atoms with Gasteiger partial charge in [-0.15, -0.1) is 11.3 Å². The van der Waals surface area contributed by atoms with E-state index in [9.17, 15) is 0 Å². The highest BCUT2D eigenvalue weighted by Crippen LogP contribution is 2.21. The van der Waals surface area contributed by atoms with E-state index in [1.54, 1.807) is 11.3 Å². The van der Waals surface area contributed by atoms with Gasteiger partial charge in [-0.25, -0.2) is 0 Å². The predicted octanol–water partition coefficient (Wildman–Crippen LogP) is 4.36. The first-order valence-electron chi connectivity index (χ1n) is 6.79. The van der Waals surface area contributed by atoms with Crippen molar-refractivity contribution in [1.29, 1.82) is 0 Å². The number of thiophene rings is 1. The Balaban J connectivity index is 1.55. The third-order valence-electron chi connectivity index (χ3n) is 3.03. The minimum atomic E-state index is 0.375.